The van der Waals surface area contributed by atoms with Crippen LogP contribution < -0.4 is 0 Å². The van der Waals surface area contributed by atoms with Crippen molar-refractivity contribution in [2.24, 2.45) is 35.5 Å². The van der Waals surface area contributed by atoms with Crippen LogP contribution in [0.1, 0.15) is 70.6 Å². The smallest absolute Gasteiger partial charge is 0.133 e. The lowest BCUT2D eigenvalue weighted by Crippen LogP contribution is -2.45. The van der Waals surface area contributed by atoms with Crippen LogP contribution in [-0.2, 0) is 4.79 Å². The third kappa shape index (κ3) is 2.38. The van der Waals surface area contributed by atoms with Gasteiger partial charge in [-0.2, -0.15) is 0 Å². The van der Waals surface area contributed by atoms with E-state index in [9.17, 15) is 4.79 Å². The molecule has 0 amide bonds. The fraction of sp³-hybridized carbons (Fsp3) is 0.944. The molecule has 5 aliphatic carbocycles. The van der Waals surface area contributed by atoms with E-state index in [1.54, 1.807) is 0 Å². The molecule has 0 radical (unpaired) electrons. The summed E-state index contributed by atoms with van der Waals surface area (Å²) in [6, 6.07) is 0. The fourth-order valence-electron chi connectivity index (χ4n) is 6.25. The van der Waals surface area contributed by atoms with Gasteiger partial charge in [-0.25, -0.2) is 0 Å². The third-order valence-electron chi connectivity index (χ3n) is 6.88. The maximum absolute atomic E-state index is 12.4. The summed E-state index contributed by atoms with van der Waals surface area (Å²) in [4.78, 5) is 12.4. The van der Waals surface area contributed by atoms with Gasteiger partial charge in [0.25, 0.3) is 0 Å². The van der Waals surface area contributed by atoms with E-state index < -0.39 is 0 Å². The van der Waals surface area contributed by atoms with E-state index in [0.717, 1.165) is 48.3 Å². The Kier molecular flexibility index (Phi) is 3.20. The fourth-order valence-corrected chi connectivity index (χ4v) is 6.25. The Hall–Kier alpha value is -0.330. The SMILES string of the molecule is O=C(CC1CCCC1)CC1C2CC3CC(C2)CC1C3. The Bertz CT molecular complexity index is 325. The standard InChI is InChI=1S/C18H28O/c19-17(10-12-3-1-2-4-12)11-18-15-6-13-5-14(8-15)9-16(18)7-13/h12-16,18H,1-11H2. The molecule has 0 unspecified atom stereocenters. The van der Waals surface area contributed by atoms with Crippen molar-refractivity contribution in [3.05, 3.63) is 0 Å². The molecule has 5 fully saturated rings. The molecule has 5 aliphatic rings. The minimum absolute atomic E-state index is 0.615. The number of rotatable bonds is 4. The van der Waals surface area contributed by atoms with Crippen molar-refractivity contribution in [1.29, 1.82) is 0 Å². The van der Waals surface area contributed by atoms with Crippen molar-refractivity contribution in [3.63, 3.8) is 0 Å². The molecule has 0 saturated heterocycles. The number of carbonyl (C=O) groups excluding carboxylic acids is 1. The van der Waals surface area contributed by atoms with Crippen molar-refractivity contribution in [2.75, 3.05) is 0 Å². The molecule has 0 N–H and O–H groups in total. The lowest BCUT2D eigenvalue weighted by Gasteiger charge is -2.54. The van der Waals surface area contributed by atoms with Gasteiger partial charge < -0.3 is 0 Å². The van der Waals surface area contributed by atoms with E-state index in [4.69, 9.17) is 0 Å². The third-order valence-corrected chi connectivity index (χ3v) is 6.88. The first-order chi connectivity index (χ1) is 9.28. The zero-order chi connectivity index (χ0) is 12.8. The van der Waals surface area contributed by atoms with Crippen LogP contribution in [0.2, 0.25) is 0 Å². The van der Waals surface area contributed by atoms with Crippen LogP contribution in [0.25, 0.3) is 0 Å². The highest BCUT2D eigenvalue weighted by molar-refractivity contribution is 5.79. The summed E-state index contributed by atoms with van der Waals surface area (Å²) in [5.74, 6) is 6.12. The Morgan fingerprint density at radius 3 is 1.95 bits per heavy atom. The minimum Gasteiger partial charge on any atom is -0.300 e. The summed E-state index contributed by atoms with van der Waals surface area (Å²) in [7, 11) is 0. The molecule has 0 aromatic carbocycles. The van der Waals surface area contributed by atoms with Gasteiger partial charge in [-0.1, -0.05) is 25.7 Å². The van der Waals surface area contributed by atoms with E-state index in [1.165, 1.54) is 57.8 Å². The maximum Gasteiger partial charge on any atom is 0.133 e. The lowest BCUT2D eigenvalue weighted by molar-refractivity contribution is -0.125. The van der Waals surface area contributed by atoms with Crippen LogP contribution in [0.4, 0.5) is 0 Å². The van der Waals surface area contributed by atoms with Gasteiger partial charge in [0.1, 0.15) is 5.78 Å². The van der Waals surface area contributed by atoms with Crippen molar-refractivity contribution >= 4 is 5.78 Å². The molecule has 0 heterocycles. The molecule has 0 atom stereocenters. The molecule has 5 saturated carbocycles. The van der Waals surface area contributed by atoms with Crippen LogP contribution in [-0.4, -0.2) is 5.78 Å². The first-order valence-corrected chi connectivity index (χ1v) is 8.79. The zero-order valence-corrected chi connectivity index (χ0v) is 12.2. The molecule has 0 aliphatic heterocycles. The minimum atomic E-state index is 0.615. The quantitative estimate of drug-likeness (QED) is 0.722. The van der Waals surface area contributed by atoms with Gasteiger partial charge in [0.2, 0.25) is 0 Å². The molecule has 0 spiro atoms. The number of Topliss-reactive ketones (excluding diaryl/α,β-unsaturated/α-hetero) is 1. The van der Waals surface area contributed by atoms with E-state index in [1.807, 2.05) is 0 Å². The Morgan fingerprint density at radius 1 is 0.789 bits per heavy atom. The van der Waals surface area contributed by atoms with Crippen LogP contribution in [0.5, 0.6) is 0 Å². The first-order valence-electron chi connectivity index (χ1n) is 8.79. The summed E-state index contributed by atoms with van der Waals surface area (Å²) in [6.07, 6.45) is 14.7. The van der Waals surface area contributed by atoms with Gasteiger partial charge in [-0.3, -0.25) is 4.79 Å². The largest absolute Gasteiger partial charge is 0.300 e. The van der Waals surface area contributed by atoms with Crippen LogP contribution in [0.15, 0.2) is 0 Å². The highest BCUT2D eigenvalue weighted by Crippen LogP contribution is 2.57. The van der Waals surface area contributed by atoms with Gasteiger partial charge in [-0.15, -0.1) is 0 Å². The van der Waals surface area contributed by atoms with Gasteiger partial charge >= 0.3 is 0 Å². The molecular weight excluding hydrogens is 232 g/mol. The maximum atomic E-state index is 12.4. The molecule has 19 heavy (non-hydrogen) atoms. The molecule has 1 nitrogen and oxygen atoms in total. The van der Waals surface area contributed by atoms with Crippen molar-refractivity contribution in [3.8, 4) is 0 Å². The predicted molar refractivity (Wildman–Crippen MR) is 76.7 cm³/mol. The highest BCUT2D eigenvalue weighted by atomic mass is 16.1. The number of ketones is 1. The molecule has 1 heteroatoms. The second-order valence-electron chi connectivity index (χ2n) is 8.19. The lowest BCUT2D eigenvalue weighted by atomic mass is 9.51. The summed E-state index contributed by atoms with van der Waals surface area (Å²) < 4.78 is 0. The van der Waals surface area contributed by atoms with E-state index in [-0.39, 0.29) is 0 Å². The van der Waals surface area contributed by atoms with E-state index in [0.29, 0.717) is 5.78 Å². The van der Waals surface area contributed by atoms with Crippen LogP contribution in [0, 0.1) is 35.5 Å². The van der Waals surface area contributed by atoms with Crippen LogP contribution in [0.3, 0.4) is 0 Å². The second kappa shape index (κ2) is 4.90. The molecule has 0 aromatic heterocycles. The summed E-state index contributed by atoms with van der Waals surface area (Å²) in [5, 5.41) is 0. The molecule has 5 rings (SSSR count). The summed E-state index contributed by atoms with van der Waals surface area (Å²) in [6.45, 7) is 0. The first kappa shape index (κ1) is 12.4. The van der Waals surface area contributed by atoms with Gasteiger partial charge in [0.05, 0.1) is 0 Å². The normalized spacial score (nSPS) is 44.9. The Morgan fingerprint density at radius 2 is 1.37 bits per heavy atom. The highest BCUT2D eigenvalue weighted by Gasteiger charge is 2.48. The summed E-state index contributed by atoms with van der Waals surface area (Å²) in [5.41, 5.74) is 0. The second-order valence-corrected chi connectivity index (χ2v) is 8.19. The number of carbonyl (C=O) groups is 1. The molecule has 106 valence electrons. The summed E-state index contributed by atoms with van der Waals surface area (Å²) >= 11 is 0. The number of hydrogen-bond acceptors (Lipinski definition) is 1. The van der Waals surface area contributed by atoms with Crippen LogP contribution >= 0.6 is 0 Å². The predicted octanol–water partition coefficient (Wildman–Crippen LogP) is 4.60. The average Bonchev–Trinajstić information content (AvgIpc) is 2.85. The van der Waals surface area contributed by atoms with Crippen molar-refractivity contribution in [1.82, 2.24) is 0 Å². The van der Waals surface area contributed by atoms with E-state index >= 15 is 0 Å². The van der Waals surface area contributed by atoms with Gasteiger partial charge in [0.15, 0.2) is 0 Å². The zero-order valence-electron chi connectivity index (χ0n) is 12.2. The Labute approximate surface area is 117 Å². The van der Waals surface area contributed by atoms with Gasteiger partial charge in [0, 0.05) is 12.8 Å². The van der Waals surface area contributed by atoms with Crippen molar-refractivity contribution in [2.45, 2.75) is 70.6 Å². The molecule has 4 bridgehead atoms. The van der Waals surface area contributed by atoms with Crippen molar-refractivity contribution < 1.29 is 4.79 Å². The number of hydrogen-bond donors (Lipinski definition) is 0. The monoisotopic (exact) mass is 260 g/mol. The van der Waals surface area contributed by atoms with E-state index in [2.05, 4.69) is 0 Å². The molecular formula is C18H28O. The topological polar surface area (TPSA) is 17.1 Å². The average molecular weight is 260 g/mol. The van der Waals surface area contributed by atoms with Gasteiger partial charge in [-0.05, 0) is 67.6 Å². The Balaban J connectivity index is 1.36. The molecule has 0 aromatic rings.